The minimum atomic E-state index is -2.62. The first-order valence-corrected chi connectivity index (χ1v) is 16.3. The van der Waals surface area contributed by atoms with E-state index >= 15 is 0 Å². The van der Waals surface area contributed by atoms with Gasteiger partial charge in [0.05, 0.1) is 5.56 Å². The van der Waals surface area contributed by atoms with Crippen LogP contribution in [0.25, 0.3) is 11.1 Å². The highest BCUT2D eigenvalue weighted by Gasteiger charge is 2.71. The molecule has 238 valence electrons. The predicted octanol–water partition coefficient (Wildman–Crippen LogP) is 7.14. The zero-order valence-corrected chi connectivity index (χ0v) is 26.9. The van der Waals surface area contributed by atoms with Crippen molar-refractivity contribution in [1.29, 1.82) is 0 Å². The fourth-order valence-electron chi connectivity index (χ4n) is 9.59. The minimum absolute atomic E-state index is 0.0731. The average Bonchev–Trinajstić information content (AvgIpc) is 2.97. The van der Waals surface area contributed by atoms with Gasteiger partial charge in [0, 0.05) is 22.3 Å². The molecule has 0 aliphatic heterocycles. The summed E-state index contributed by atoms with van der Waals surface area (Å²) in [6.45, 7) is 8.31. The van der Waals surface area contributed by atoms with Crippen LogP contribution in [0.15, 0.2) is 59.1 Å². The molecule has 7 heteroatoms. The highest BCUT2D eigenvalue weighted by molar-refractivity contribution is 6.25. The zero-order chi connectivity index (χ0) is 32.6. The second kappa shape index (κ2) is 10.7. The predicted molar refractivity (Wildman–Crippen MR) is 171 cm³/mol. The highest BCUT2D eigenvalue weighted by Crippen LogP contribution is 2.65. The first kappa shape index (κ1) is 31.3. The Kier molecular flexibility index (Phi) is 7.43. The molecule has 2 aromatic rings. The number of benzene rings is 2. The maximum Gasteiger partial charge on any atom is 0.209 e. The van der Waals surface area contributed by atoms with Crippen LogP contribution in [0.2, 0.25) is 0 Å². The van der Waals surface area contributed by atoms with Crippen LogP contribution in [0.5, 0.6) is 5.75 Å². The smallest absolute Gasteiger partial charge is 0.209 e. The molecule has 0 radical (unpaired) electrons. The van der Waals surface area contributed by atoms with E-state index in [1.165, 1.54) is 6.42 Å². The van der Waals surface area contributed by atoms with Crippen LogP contribution in [0.3, 0.4) is 0 Å². The van der Waals surface area contributed by atoms with Crippen LogP contribution >= 0.6 is 0 Å². The molecule has 2 aromatic carbocycles. The third-order valence-corrected chi connectivity index (χ3v) is 11.4. The van der Waals surface area contributed by atoms with Crippen molar-refractivity contribution in [2.45, 2.75) is 91.6 Å². The monoisotopic (exact) mass is 612 g/mol. The molecule has 4 aliphatic carbocycles. The summed E-state index contributed by atoms with van der Waals surface area (Å²) >= 11 is 0. The Morgan fingerprint density at radius 3 is 2.24 bits per heavy atom. The second-order valence-electron chi connectivity index (χ2n) is 14.8. The summed E-state index contributed by atoms with van der Waals surface area (Å²) in [6, 6.07) is 11.8. The van der Waals surface area contributed by atoms with Gasteiger partial charge in [-0.2, -0.15) is 0 Å². The fraction of sp³-hybridized carbons (Fsp3) is 0.500. The zero-order valence-electron chi connectivity index (χ0n) is 26.9. The van der Waals surface area contributed by atoms with E-state index in [1.54, 1.807) is 6.92 Å². The molecular formula is C38H44O7. The van der Waals surface area contributed by atoms with E-state index < -0.39 is 51.0 Å². The van der Waals surface area contributed by atoms with Gasteiger partial charge in [0.15, 0.2) is 17.2 Å². The third-order valence-electron chi connectivity index (χ3n) is 11.4. The lowest BCUT2D eigenvalue weighted by molar-refractivity contribution is -0.171. The molecule has 0 saturated heterocycles. The normalized spacial score (nSPS) is 30.3. The first-order chi connectivity index (χ1) is 21.2. The van der Waals surface area contributed by atoms with Crippen molar-refractivity contribution in [3.05, 3.63) is 75.8 Å². The van der Waals surface area contributed by atoms with Crippen molar-refractivity contribution in [3.63, 3.8) is 0 Å². The van der Waals surface area contributed by atoms with E-state index in [-0.39, 0.29) is 41.4 Å². The number of aliphatic hydroxyl groups is 3. The van der Waals surface area contributed by atoms with Gasteiger partial charge in [-0.3, -0.25) is 14.4 Å². The molecule has 4 N–H and O–H groups in total. The topological polar surface area (TPSA) is 132 Å². The van der Waals surface area contributed by atoms with Crippen LogP contribution in [-0.2, 0) is 22.4 Å². The lowest BCUT2D eigenvalue weighted by Gasteiger charge is -2.59. The van der Waals surface area contributed by atoms with E-state index in [0.717, 1.165) is 43.7 Å². The SMILES string of the molecule is CC(=O)C1=C(O)C(C(C)C)[C@@]2(C)C[C@@]3(C)Cc4c(-c5ccccc5)cc(CC5CCCCC5)c(O)c4C(=O)C3=C(O)[C@@]2(O)C1=O. The summed E-state index contributed by atoms with van der Waals surface area (Å²) in [7, 11) is 0. The molecular weight excluding hydrogens is 568 g/mol. The van der Waals surface area contributed by atoms with E-state index in [4.69, 9.17) is 0 Å². The average molecular weight is 613 g/mol. The van der Waals surface area contributed by atoms with Gasteiger partial charge < -0.3 is 20.4 Å². The number of fused-ring (bicyclic) bond motifs is 3. The number of aromatic hydroxyl groups is 1. The molecule has 45 heavy (non-hydrogen) atoms. The second-order valence-corrected chi connectivity index (χ2v) is 14.8. The van der Waals surface area contributed by atoms with Crippen LogP contribution < -0.4 is 0 Å². The lowest BCUT2D eigenvalue weighted by atomic mass is 9.44. The molecule has 0 aromatic heterocycles. The van der Waals surface area contributed by atoms with Crippen molar-refractivity contribution in [3.8, 4) is 16.9 Å². The Bertz CT molecular complexity index is 1680. The molecule has 4 atom stereocenters. The quantitative estimate of drug-likeness (QED) is 0.264. The highest BCUT2D eigenvalue weighted by atomic mass is 16.3. The van der Waals surface area contributed by atoms with E-state index in [9.17, 15) is 34.8 Å². The number of Topliss-reactive ketones (excluding diaryl/α,β-unsaturated/α-hetero) is 3. The van der Waals surface area contributed by atoms with E-state index in [1.807, 2.05) is 57.2 Å². The number of rotatable bonds is 5. The van der Waals surface area contributed by atoms with E-state index in [0.29, 0.717) is 23.5 Å². The number of phenolic OH excluding ortho intramolecular Hbond substituents is 1. The van der Waals surface area contributed by atoms with Crippen molar-refractivity contribution in [1.82, 2.24) is 0 Å². The van der Waals surface area contributed by atoms with Crippen LogP contribution in [0.1, 0.15) is 94.6 Å². The van der Waals surface area contributed by atoms with Gasteiger partial charge in [-0.05, 0) is 66.3 Å². The van der Waals surface area contributed by atoms with Gasteiger partial charge in [0.2, 0.25) is 5.78 Å². The summed E-state index contributed by atoms with van der Waals surface area (Å²) in [6.07, 6.45) is 6.52. The van der Waals surface area contributed by atoms with Gasteiger partial charge in [0.25, 0.3) is 0 Å². The summed E-state index contributed by atoms with van der Waals surface area (Å²) in [5.74, 6) is -4.50. The van der Waals surface area contributed by atoms with Gasteiger partial charge in [-0.1, -0.05) is 90.1 Å². The van der Waals surface area contributed by atoms with Crippen molar-refractivity contribution < 1.29 is 34.8 Å². The number of carbonyl (C=O) groups excluding carboxylic acids is 3. The fourth-order valence-corrected chi connectivity index (χ4v) is 9.59. The number of allylic oxidation sites excluding steroid dienone is 2. The molecule has 0 bridgehead atoms. The Labute approximate surface area is 264 Å². The van der Waals surface area contributed by atoms with Gasteiger partial charge in [0.1, 0.15) is 22.8 Å². The summed E-state index contributed by atoms with van der Waals surface area (Å²) in [5, 5.41) is 47.6. The minimum Gasteiger partial charge on any atom is -0.511 e. The van der Waals surface area contributed by atoms with Gasteiger partial charge in [-0.25, -0.2) is 0 Å². The molecule has 0 spiro atoms. The molecule has 0 heterocycles. The Balaban J connectivity index is 1.61. The van der Waals surface area contributed by atoms with Crippen molar-refractivity contribution in [2.75, 3.05) is 0 Å². The molecule has 7 nitrogen and oxygen atoms in total. The lowest BCUT2D eigenvalue weighted by Crippen LogP contribution is -2.67. The van der Waals surface area contributed by atoms with E-state index in [2.05, 4.69) is 0 Å². The molecule has 6 rings (SSSR count). The van der Waals surface area contributed by atoms with Crippen molar-refractivity contribution >= 4 is 17.3 Å². The molecule has 1 saturated carbocycles. The summed E-state index contributed by atoms with van der Waals surface area (Å²) < 4.78 is 0. The number of hydrogen-bond acceptors (Lipinski definition) is 7. The number of phenols is 1. The van der Waals surface area contributed by atoms with Crippen molar-refractivity contribution in [2.24, 2.45) is 28.6 Å². The van der Waals surface area contributed by atoms with Gasteiger partial charge in [-0.15, -0.1) is 0 Å². The summed E-state index contributed by atoms with van der Waals surface area (Å²) in [5.41, 5.74) is -2.59. The number of aliphatic hydroxyl groups excluding tert-OH is 2. The standard InChI is InChI=1S/C38H44O7/c1-20(2)29-32(41)27(21(3)39)34(43)38(45)35(44)30-33(42)28-26(18-36(30,4)19-37(29,38)5)25(23-14-10-7-11-15-23)17-24(31(28)40)16-22-12-8-6-9-13-22/h7,10-11,14-15,17,20,22,29,40-41,44-45H,6,8-9,12-13,16,18-19H2,1-5H3/t29?,36-,37-,38+/m1/s1. The third kappa shape index (κ3) is 4.37. The maximum absolute atomic E-state index is 14.7. The van der Waals surface area contributed by atoms with Crippen LogP contribution in [0, 0.1) is 28.6 Å². The summed E-state index contributed by atoms with van der Waals surface area (Å²) in [4.78, 5) is 41.4. The maximum atomic E-state index is 14.7. The number of ketones is 3. The van der Waals surface area contributed by atoms with Crippen LogP contribution in [0.4, 0.5) is 0 Å². The first-order valence-electron chi connectivity index (χ1n) is 16.3. The molecule has 4 aliphatic rings. The molecule has 1 fully saturated rings. The molecule has 1 unspecified atom stereocenters. The largest absolute Gasteiger partial charge is 0.511 e. The number of carbonyl (C=O) groups is 3. The molecule has 0 amide bonds. The number of hydrogen-bond donors (Lipinski definition) is 4. The Hall–Kier alpha value is -3.71. The van der Waals surface area contributed by atoms with Gasteiger partial charge >= 0.3 is 0 Å². The van der Waals surface area contributed by atoms with Crippen LogP contribution in [-0.4, -0.2) is 43.4 Å². The Morgan fingerprint density at radius 2 is 1.64 bits per heavy atom. The Morgan fingerprint density at radius 1 is 1.00 bits per heavy atom.